The van der Waals surface area contributed by atoms with Crippen molar-refractivity contribution in [2.45, 2.75) is 33.2 Å². The van der Waals surface area contributed by atoms with Gasteiger partial charge in [0.05, 0.1) is 0 Å². The maximum atomic E-state index is 3.47. The standard InChI is InChI=1S/C11H26N2S/c1-5-14-10-8-12-7-6-9-13(4)11(2)3/h11-12H,5-10H2,1-4H3. The summed E-state index contributed by atoms with van der Waals surface area (Å²) in [4.78, 5) is 2.39. The zero-order chi connectivity index (χ0) is 10.8. The molecule has 0 aliphatic carbocycles. The van der Waals surface area contributed by atoms with Crippen molar-refractivity contribution in [3.8, 4) is 0 Å². The lowest BCUT2D eigenvalue weighted by Crippen LogP contribution is -2.30. The summed E-state index contributed by atoms with van der Waals surface area (Å²) in [7, 11) is 2.19. The van der Waals surface area contributed by atoms with Crippen LogP contribution in [-0.2, 0) is 0 Å². The summed E-state index contributed by atoms with van der Waals surface area (Å²) in [5.74, 6) is 2.48. The van der Waals surface area contributed by atoms with Gasteiger partial charge < -0.3 is 10.2 Å². The van der Waals surface area contributed by atoms with E-state index in [1.165, 1.54) is 24.5 Å². The van der Waals surface area contributed by atoms with Crippen molar-refractivity contribution in [1.29, 1.82) is 0 Å². The van der Waals surface area contributed by atoms with Gasteiger partial charge in [0.25, 0.3) is 0 Å². The predicted molar refractivity (Wildman–Crippen MR) is 68.3 cm³/mol. The van der Waals surface area contributed by atoms with Crippen molar-refractivity contribution in [2.75, 3.05) is 38.2 Å². The number of hydrogen-bond acceptors (Lipinski definition) is 3. The van der Waals surface area contributed by atoms with Gasteiger partial charge in [-0.25, -0.2) is 0 Å². The molecule has 0 spiro atoms. The van der Waals surface area contributed by atoms with E-state index in [1.807, 2.05) is 11.8 Å². The van der Waals surface area contributed by atoms with Crippen LogP contribution >= 0.6 is 11.8 Å². The minimum absolute atomic E-state index is 0.672. The molecule has 0 rings (SSSR count). The molecule has 0 unspecified atom stereocenters. The van der Waals surface area contributed by atoms with Crippen LogP contribution in [0, 0.1) is 0 Å². The normalized spacial score (nSPS) is 11.6. The second-order valence-electron chi connectivity index (χ2n) is 3.87. The van der Waals surface area contributed by atoms with Gasteiger partial charge in [-0.1, -0.05) is 6.92 Å². The third kappa shape index (κ3) is 8.85. The number of rotatable bonds is 9. The highest BCUT2D eigenvalue weighted by Crippen LogP contribution is 1.96. The first-order valence-corrected chi connectivity index (χ1v) is 6.82. The van der Waals surface area contributed by atoms with Crippen molar-refractivity contribution < 1.29 is 0 Å². The first-order chi connectivity index (χ1) is 6.68. The Morgan fingerprint density at radius 1 is 1.29 bits per heavy atom. The van der Waals surface area contributed by atoms with E-state index in [1.54, 1.807) is 0 Å². The van der Waals surface area contributed by atoms with Crippen LogP contribution in [0.2, 0.25) is 0 Å². The average Bonchev–Trinajstić information content (AvgIpc) is 2.16. The van der Waals surface area contributed by atoms with Crippen LogP contribution in [0.1, 0.15) is 27.2 Å². The van der Waals surface area contributed by atoms with Crippen molar-refractivity contribution >= 4 is 11.8 Å². The largest absolute Gasteiger partial charge is 0.316 e. The molecule has 86 valence electrons. The summed E-state index contributed by atoms with van der Waals surface area (Å²) >= 11 is 2.00. The predicted octanol–water partition coefficient (Wildman–Crippen LogP) is 2.06. The molecule has 0 aliphatic rings. The quantitative estimate of drug-likeness (QED) is 0.596. The molecular formula is C11H26N2S. The Hall–Kier alpha value is 0.270. The third-order valence-corrected chi connectivity index (χ3v) is 3.27. The summed E-state index contributed by atoms with van der Waals surface area (Å²) in [6.07, 6.45) is 1.26. The van der Waals surface area contributed by atoms with Crippen molar-refractivity contribution in [2.24, 2.45) is 0 Å². The van der Waals surface area contributed by atoms with Gasteiger partial charge in [-0.3, -0.25) is 0 Å². The Morgan fingerprint density at radius 2 is 2.00 bits per heavy atom. The SMILES string of the molecule is CCSCCNCCCN(C)C(C)C. The van der Waals surface area contributed by atoms with Crippen LogP contribution in [0.5, 0.6) is 0 Å². The molecular weight excluding hydrogens is 192 g/mol. The van der Waals surface area contributed by atoms with Crippen molar-refractivity contribution in [3.63, 3.8) is 0 Å². The van der Waals surface area contributed by atoms with Crippen LogP contribution in [0.15, 0.2) is 0 Å². The van der Waals surface area contributed by atoms with E-state index in [4.69, 9.17) is 0 Å². The number of nitrogens with zero attached hydrogens (tertiary/aromatic N) is 1. The van der Waals surface area contributed by atoms with Gasteiger partial charge in [0, 0.05) is 18.3 Å². The molecule has 0 aromatic carbocycles. The van der Waals surface area contributed by atoms with Crippen LogP contribution in [0.3, 0.4) is 0 Å². The smallest absolute Gasteiger partial charge is 0.00579 e. The molecule has 0 atom stereocenters. The van der Waals surface area contributed by atoms with E-state index < -0.39 is 0 Å². The number of thioether (sulfide) groups is 1. The Kier molecular flexibility index (Phi) is 10.0. The molecule has 1 N–H and O–H groups in total. The van der Waals surface area contributed by atoms with Gasteiger partial charge in [0.15, 0.2) is 0 Å². The summed E-state index contributed by atoms with van der Waals surface area (Å²) in [6.45, 7) is 10.2. The van der Waals surface area contributed by atoms with Crippen LogP contribution in [0.4, 0.5) is 0 Å². The topological polar surface area (TPSA) is 15.3 Å². The fourth-order valence-corrected chi connectivity index (χ4v) is 1.70. The monoisotopic (exact) mass is 218 g/mol. The second kappa shape index (κ2) is 9.81. The van der Waals surface area contributed by atoms with E-state index in [0.717, 1.165) is 13.1 Å². The lowest BCUT2D eigenvalue weighted by atomic mass is 10.3. The average molecular weight is 218 g/mol. The molecule has 2 nitrogen and oxygen atoms in total. The van der Waals surface area contributed by atoms with Gasteiger partial charge in [0.2, 0.25) is 0 Å². The van der Waals surface area contributed by atoms with Crippen LogP contribution < -0.4 is 5.32 Å². The lowest BCUT2D eigenvalue weighted by Gasteiger charge is -2.20. The lowest BCUT2D eigenvalue weighted by molar-refractivity contribution is 0.270. The molecule has 0 aromatic heterocycles. The fraction of sp³-hybridized carbons (Fsp3) is 1.00. The van der Waals surface area contributed by atoms with Crippen LogP contribution in [-0.4, -0.2) is 49.1 Å². The molecule has 0 bridgehead atoms. The number of nitrogens with one attached hydrogen (secondary N) is 1. The summed E-state index contributed by atoms with van der Waals surface area (Å²) in [6, 6.07) is 0.672. The van der Waals surface area contributed by atoms with Gasteiger partial charge in [-0.2, -0.15) is 11.8 Å². The zero-order valence-electron chi connectivity index (χ0n) is 10.2. The van der Waals surface area contributed by atoms with Gasteiger partial charge >= 0.3 is 0 Å². The molecule has 14 heavy (non-hydrogen) atoms. The highest BCUT2D eigenvalue weighted by Gasteiger charge is 2.00. The molecule has 0 fully saturated rings. The molecule has 0 radical (unpaired) electrons. The summed E-state index contributed by atoms with van der Waals surface area (Å²) < 4.78 is 0. The molecule has 0 saturated heterocycles. The molecule has 0 aromatic rings. The molecule has 0 aliphatic heterocycles. The second-order valence-corrected chi connectivity index (χ2v) is 5.27. The minimum Gasteiger partial charge on any atom is -0.316 e. The minimum atomic E-state index is 0.672. The third-order valence-electron chi connectivity index (χ3n) is 2.37. The molecule has 0 heterocycles. The Balaban J connectivity index is 3.06. The Morgan fingerprint density at radius 3 is 2.57 bits per heavy atom. The van der Waals surface area contributed by atoms with Gasteiger partial charge in [0.1, 0.15) is 0 Å². The molecule has 0 saturated carbocycles. The first-order valence-electron chi connectivity index (χ1n) is 5.67. The first kappa shape index (κ1) is 14.3. The maximum absolute atomic E-state index is 3.47. The van der Waals surface area contributed by atoms with Crippen molar-refractivity contribution in [1.82, 2.24) is 10.2 Å². The fourth-order valence-electron chi connectivity index (χ4n) is 1.13. The summed E-state index contributed by atoms with van der Waals surface area (Å²) in [5.41, 5.74) is 0. The van der Waals surface area contributed by atoms with E-state index >= 15 is 0 Å². The summed E-state index contributed by atoms with van der Waals surface area (Å²) in [5, 5.41) is 3.47. The Bertz CT molecular complexity index is 118. The zero-order valence-corrected chi connectivity index (χ0v) is 11.0. The number of hydrogen-bond donors (Lipinski definition) is 1. The van der Waals surface area contributed by atoms with E-state index in [2.05, 4.69) is 38.0 Å². The van der Waals surface area contributed by atoms with E-state index in [9.17, 15) is 0 Å². The van der Waals surface area contributed by atoms with Crippen molar-refractivity contribution in [3.05, 3.63) is 0 Å². The van der Waals surface area contributed by atoms with E-state index in [-0.39, 0.29) is 0 Å². The maximum Gasteiger partial charge on any atom is 0.00579 e. The Labute approximate surface area is 93.8 Å². The highest BCUT2D eigenvalue weighted by atomic mass is 32.2. The molecule has 0 amide bonds. The molecule has 3 heteroatoms. The highest BCUT2D eigenvalue weighted by molar-refractivity contribution is 7.99. The van der Waals surface area contributed by atoms with Gasteiger partial charge in [-0.05, 0) is 46.2 Å². The van der Waals surface area contributed by atoms with Crippen LogP contribution in [0.25, 0.3) is 0 Å². The van der Waals surface area contributed by atoms with E-state index in [0.29, 0.717) is 6.04 Å². The van der Waals surface area contributed by atoms with Gasteiger partial charge in [-0.15, -0.1) is 0 Å².